The standard InChI is InChI=1S/C18H17FN4O/c1-2-17(24)23-16(10-9-13-6-3-4-8-15(13)19)21-18(22-23)14-7-5-11-20-12-14/h3-8,11-12H,2,9-10H2,1H3. The van der Waals surface area contributed by atoms with Gasteiger partial charge in [0.2, 0.25) is 5.91 Å². The Labute approximate surface area is 139 Å². The second-order valence-electron chi connectivity index (χ2n) is 5.34. The van der Waals surface area contributed by atoms with Crippen molar-refractivity contribution in [1.82, 2.24) is 19.7 Å². The fourth-order valence-corrected chi connectivity index (χ4v) is 2.42. The Balaban J connectivity index is 1.89. The van der Waals surface area contributed by atoms with Crippen LogP contribution in [0.4, 0.5) is 4.39 Å². The molecule has 0 amide bonds. The van der Waals surface area contributed by atoms with Gasteiger partial charge in [-0.15, -0.1) is 5.10 Å². The van der Waals surface area contributed by atoms with Crippen LogP contribution < -0.4 is 0 Å². The fourth-order valence-electron chi connectivity index (χ4n) is 2.42. The highest BCUT2D eigenvalue weighted by Crippen LogP contribution is 2.16. The van der Waals surface area contributed by atoms with Crippen LogP contribution >= 0.6 is 0 Å². The topological polar surface area (TPSA) is 60.7 Å². The van der Waals surface area contributed by atoms with Gasteiger partial charge < -0.3 is 0 Å². The van der Waals surface area contributed by atoms with Gasteiger partial charge in [0.25, 0.3) is 0 Å². The highest BCUT2D eigenvalue weighted by molar-refractivity contribution is 5.78. The third-order valence-electron chi connectivity index (χ3n) is 3.71. The van der Waals surface area contributed by atoms with Crippen molar-refractivity contribution in [2.24, 2.45) is 0 Å². The molecule has 0 spiro atoms. The molecule has 0 saturated carbocycles. The van der Waals surface area contributed by atoms with Gasteiger partial charge in [-0.05, 0) is 30.2 Å². The third kappa shape index (κ3) is 3.37. The molecule has 122 valence electrons. The molecule has 1 aromatic carbocycles. The first-order valence-electron chi connectivity index (χ1n) is 7.82. The number of hydrogen-bond donors (Lipinski definition) is 0. The molecule has 0 atom stereocenters. The molecule has 0 fully saturated rings. The van der Waals surface area contributed by atoms with E-state index in [1.807, 2.05) is 6.07 Å². The molecule has 3 rings (SSSR count). The average molecular weight is 324 g/mol. The quantitative estimate of drug-likeness (QED) is 0.722. The van der Waals surface area contributed by atoms with Crippen molar-refractivity contribution >= 4 is 5.91 Å². The molecule has 24 heavy (non-hydrogen) atoms. The molecule has 0 aliphatic rings. The number of benzene rings is 1. The van der Waals surface area contributed by atoms with E-state index >= 15 is 0 Å². The van der Waals surface area contributed by atoms with Gasteiger partial charge in [0.1, 0.15) is 11.6 Å². The molecule has 6 heteroatoms. The first-order valence-corrected chi connectivity index (χ1v) is 7.82. The number of rotatable bonds is 5. The van der Waals surface area contributed by atoms with Gasteiger partial charge in [-0.1, -0.05) is 25.1 Å². The van der Waals surface area contributed by atoms with Crippen LogP contribution in [0.25, 0.3) is 11.4 Å². The smallest absolute Gasteiger partial charge is 0.248 e. The summed E-state index contributed by atoms with van der Waals surface area (Å²) in [5.74, 6) is 0.594. The van der Waals surface area contributed by atoms with Crippen LogP contribution in [0, 0.1) is 5.82 Å². The Morgan fingerprint density at radius 3 is 2.71 bits per heavy atom. The Bertz CT molecular complexity index is 845. The van der Waals surface area contributed by atoms with Crippen LogP contribution in [0.2, 0.25) is 0 Å². The largest absolute Gasteiger partial charge is 0.273 e. The lowest BCUT2D eigenvalue weighted by molar-refractivity contribution is 0.0889. The van der Waals surface area contributed by atoms with E-state index in [0.29, 0.717) is 36.5 Å². The molecule has 2 aromatic heterocycles. The highest BCUT2D eigenvalue weighted by Gasteiger charge is 2.16. The first-order chi connectivity index (χ1) is 11.7. The second-order valence-corrected chi connectivity index (χ2v) is 5.34. The second kappa shape index (κ2) is 7.12. The number of aryl methyl sites for hydroxylation is 2. The Kier molecular flexibility index (Phi) is 4.74. The van der Waals surface area contributed by atoms with Crippen molar-refractivity contribution < 1.29 is 9.18 Å². The maximum absolute atomic E-state index is 13.8. The van der Waals surface area contributed by atoms with Gasteiger partial charge in [0, 0.05) is 30.8 Å². The molecule has 3 aromatic rings. The van der Waals surface area contributed by atoms with Crippen molar-refractivity contribution in [2.75, 3.05) is 0 Å². The van der Waals surface area contributed by atoms with Crippen LogP contribution in [-0.4, -0.2) is 25.7 Å². The van der Waals surface area contributed by atoms with E-state index in [1.165, 1.54) is 10.7 Å². The third-order valence-corrected chi connectivity index (χ3v) is 3.71. The van der Waals surface area contributed by atoms with Gasteiger partial charge in [0.05, 0.1) is 0 Å². The van der Waals surface area contributed by atoms with Gasteiger partial charge in [0.15, 0.2) is 5.82 Å². The summed E-state index contributed by atoms with van der Waals surface area (Å²) < 4.78 is 15.1. The predicted molar refractivity (Wildman–Crippen MR) is 88.0 cm³/mol. The van der Waals surface area contributed by atoms with E-state index in [-0.39, 0.29) is 11.7 Å². The summed E-state index contributed by atoms with van der Waals surface area (Å²) in [5.41, 5.74) is 1.34. The van der Waals surface area contributed by atoms with Crippen molar-refractivity contribution in [2.45, 2.75) is 26.2 Å². The van der Waals surface area contributed by atoms with E-state index in [0.717, 1.165) is 5.56 Å². The number of carbonyl (C=O) groups excluding carboxylic acids is 1. The molecule has 0 radical (unpaired) electrons. The normalized spacial score (nSPS) is 10.8. The molecular weight excluding hydrogens is 307 g/mol. The molecular formula is C18H17FN4O. The van der Waals surface area contributed by atoms with Crippen molar-refractivity contribution in [3.8, 4) is 11.4 Å². The van der Waals surface area contributed by atoms with Crippen LogP contribution in [0.1, 0.15) is 29.5 Å². The Morgan fingerprint density at radius 1 is 1.17 bits per heavy atom. The van der Waals surface area contributed by atoms with Crippen LogP contribution in [0.3, 0.4) is 0 Å². The van der Waals surface area contributed by atoms with Gasteiger partial charge in [-0.2, -0.15) is 4.68 Å². The monoisotopic (exact) mass is 324 g/mol. The van der Waals surface area contributed by atoms with Crippen molar-refractivity contribution in [3.63, 3.8) is 0 Å². The van der Waals surface area contributed by atoms with E-state index < -0.39 is 0 Å². The SMILES string of the molecule is CCC(=O)n1nc(-c2cccnc2)nc1CCc1ccccc1F. The fraction of sp³-hybridized carbons (Fsp3) is 0.222. The first kappa shape index (κ1) is 16.0. The zero-order valence-electron chi connectivity index (χ0n) is 13.3. The minimum absolute atomic E-state index is 0.138. The minimum Gasteiger partial charge on any atom is -0.273 e. The highest BCUT2D eigenvalue weighted by atomic mass is 19.1. The number of carbonyl (C=O) groups is 1. The van der Waals surface area contributed by atoms with E-state index in [4.69, 9.17) is 0 Å². The molecule has 5 nitrogen and oxygen atoms in total. The van der Waals surface area contributed by atoms with Gasteiger partial charge in [-0.3, -0.25) is 9.78 Å². The Morgan fingerprint density at radius 2 is 2.00 bits per heavy atom. The van der Waals surface area contributed by atoms with Gasteiger partial charge in [-0.25, -0.2) is 9.37 Å². The lowest BCUT2D eigenvalue weighted by Crippen LogP contribution is -2.15. The lowest BCUT2D eigenvalue weighted by atomic mass is 10.1. The summed E-state index contributed by atoms with van der Waals surface area (Å²) in [4.78, 5) is 20.6. The molecule has 2 heterocycles. The summed E-state index contributed by atoms with van der Waals surface area (Å²) in [5, 5.41) is 4.31. The zero-order chi connectivity index (χ0) is 16.9. The van der Waals surface area contributed by atoms with Crippen LogP contribution in [0.5, 0.6) is 0 Å². The summed E-state index contributed by atoms with van der Waals surface area (Å²) in [6.07, 6.45) is 4.52. The van der Waals surface area contributed by atoms with E-state index in [1.54, 1.807) is 43.6 Å². The van der Waals surface area contributed by atoms with E-state index in [9.17, 15) is 9.18 Å². The summed E-state index contributed by atoms with van der Waals surface area (Å²) >= 11 is 0. The molecule has 0 saturated heterocycles. The predicted octanol–water partition coefficient (Wildman–Crippen LogP) is 3.31. The van der Waals surface area contributed by atoms with Crippen LogP contribution in [-0.2, 0) is 12.8 Å². The number of nitrogens with zero attached hydrogens (tertiary/aromatic N) is 4. The maximum atomic E-state index is 13.8. The molecule has 0 unspecified atom stereocenters. The lowest BCUT2D eigenvalue weighted by Gasteiger charge is -2.04. The maximum Gasteiger partial charge on any atom is 0.248 e. The number of aromatic nitrogens is 4. The molecule has 0 N–H and O–H groups in total. The number of hydrogen-bond acceptors (Lipinski definition) is 4. The molecule has 0 aliphatic carbocycles. The zero-order valence-corrected chi connectivity index (χ0v) is 13.3. The number of pyridine rings is 1. The molecule has 0 aliphatic heterocycles. The Hall–Kier alpha value is -2.89. The summed E-state index contributed by atoms with van der Waals surface area (Å²) in [7, 11) is 0. The van der Waals surface area contributed by atoms with E-state index in [2.05, 4.69) is 15.1 Å². The van der Waals surface area contributed by atoms with Crippen molar-refractivity contribution in [3.05, 3.63) is 66.0 Å². The van der Waals surface area contributed by atoms with Gasteiger partial charge >= 0.3 is 0 Å². The van der Waals surface area contributed by atoms with Crippen molar-refractivity contribution in [1.29, 1.82) is 0 Å². The number of halogens is 1. The molecule has 0 bridgehead atoms. The average Bonchev–Trinajstić information content (AvgIpc) is 3.05. The van der Waals surface area contributed by atoms with Crippen LogP contribution in [0.15, 0.2) is 48.8 Å². The summed E-state index contributed by atoms with van der Waals surface area (Å²) in [6, 6.07) is 10.2. The minimum atomic E-state index is -0.252. The summed E-state index contributed by atoms with van der Waals surface area (Å²) in [6.45, 7) is 1.77.